The van der Waals surface area contributed by atoms with E-state index in [1.165, 1.54) is 18.3 Å². The molecule has 0 saturated carbocycles. The molecule has 3 aromatic rings. The van der Waals surface area contributed by atoms with Crippen LogP contribution in [-0.4, -0.2) is 42.0 Å². The summed E-state index contributed by atoms with van der Waals surface area (Å²) in [5.41, 5.74) is 0.861. The zero-order valence-electron chi connectivity index (χ0n) is 19.8. The fourth-order valence-corrected chi connectivity index (χ4v) is 4.15. The van der Waals surface area contributed by atoms with E-state index in [-0.39, 0.29) is 17.9 Å². The van der Waals surface area contributed by atoms with E-state index in [9.17, 15) is 14.7 Å². The van der Waals surface area contributed by atoms with Gasteiger partial charge >= 0.3 is 0 Å². The molecule has 1 atom stereocenters. The van der Waals surface area contributed by atoms with Crippen molar-refractivity contribution in [2.75, 3.05) is 20.3 Å². The van der Waals surface area contributed by atoms with Crippen LogP contribution in [-0.2, 0) is 16.1 Å². The van der Waals surface area contributed by atoms with Crippen molar-refractivity contribution in [2.24, 2.45) is 0 Å². The Morgan fingerprint density at radius 2 is 1.80 bits per heavy atom. The smallest absolute Gasteiger partial charge is 0.296 e. The Morgan fingerprint density at radius 1 is 1.00 bits per heavy atom. The lowest BCUT2D eigenvalue weighted by atomic mass is 9.94. The quantitative estimate of drug-likeness (QED) is 0.271. The Labute approximate surface area is 203 Å². The summed E-state index contributed by atoms with van der Waals surface area (Å²) in [4.78, 5) is 27.9. The van der Waals surface area contributed by atoms with Gasteiger partial charge in [0, 0.05) is 6.07 Å². The maximum absolute atomic E-state index is 13.3. The molecule has 182 valence electrons. The molecule has 35 heavy (non-hydrogen) atoms. The molecule has 2 heterocycles. The number of furan rings is 1. The first-order valence-electron chi connectivity index (χ1n) is 11.3. The van der Waals surface area contributed by atoms with Crippen molar-refractivity contribution in [2.45, 2.75) is 26.4 Å². The fraction of sp³-hybridized carbons (Fsp3) is 0.259. The highest BCUT2D eigenvalue weighted by atomic mass is 16.5. The number of ketones is 1. The second kappa shape index (κ2) is 10.4. The third-order valence-electron chi connectivity index (χ3n) is 5.67. The van der Waals surface area contributed by atoms with Crippen molar-refractivity contribution >= 4 is 17.4 Å². The van der Waals surface area contributed by atoms with Crippen molar-refractivity contribution in [1.82, 2.24) is 4.90 Å². The Bertz CT molecular complexity index is 1250. The number of likely N-dealkylation sites (tertiary alicyclic amines) is 1. The number of hydrogen-bond donors (Lipinski definition) is 1. The lowest BCUT2D eigenvalue weighted by molar-refractivity contribution is -0.140. The van der Waals surface area contributed by atoms with E-state index in [1.54, 1.807) is 54.6 Å². The standard InChI is InChI=1S/C27H27NO7/c1-4-33-19-11-12-21(22(15-19)34-5-2)25(29)23-24(17-8-6-9-18(14-17)32-3)28(27(31)26(23)30)16-20-10-7-13-35-20/h6-15,24,29H,4-5,16H2,1-3H3/b25-23-. The first-order valence-corrected chi connectivity index (χ1v) is 11.3. The Balaban J connectivity index is 1.89. The highest BCUT2D eigenvalue weighted by molar-refractivity contribution is 6.46. The van der Waals surface area contributed by atoms with Crippen molar-refractivity contribution in [3.8, 4) is 17.2 Å². The topological polar surface area (TPSA) is 98.4 Å². The molecule has 1 N–H and O–H groups in total. The van der Waals surface area contributed by atoms with Gasteiger partial charge in [0.05, 0.1) is 50.3 Å². The number of rotatable bonds is 9. The van der Waals surface area contributed by atoms with Crippen LogP contribution >= 0.6 is 0 Å². The number of carbonyl (C=O) groups excluding carboxylic acids is 2. The number of benzene rings is 2. The van der Waals surface area contributed by atoms with Crippen LogP contribution in [0.5, 0.6) is 17.2 Å². The van der Waals surface area contributed by atoms with Gasteiger partial charge < -0.3 is 28.6 Å². The molecule has 0 aliphatic carbocycles. The van der Waals surface area contributed by atoms with Crippen LogP contribution in [0, 0.1) is 0 Å². The van der Waals surface area contributed by atoms with Crippen molar-refractivity contribution in [3.05, 3.63) is 83.3 Å². The zero-order valence-corrected chi connectivity index (χ0v) is 19.8. The Morgan fingerprint density at radius 3 is 2.49 bits per heavy atom. The highest BCUT2D eigenvalue weighted by Crippen LogP contribution is 2.43. The summed E-state index contributed by atoms with van der Waals surface area (Å²) in [6.45, 7) is 4.53. The number of aliphatic hydroxyl groups is 1. The predicted octanol–water partition coefficient (Wildman–Crippen LogP) is 4.71. The van der Waals surface area contributed by atoms with Gasteiger partial charge in [-0.15, -0.1) is 0 Å². The van der Waals surface area contributed by atoms with Crippen LogP contribution in [0.15, 0.2) is 70.9 Å². The molecule has 1 saturated heterocycles. The molecule has 1 aliphatic heterocycles. The first-order chi connectivity index (χ1) is 17.0. The SMILES string of the molecule is CCOc1ccc(/C(O)=C2/C(=O)C(=O)N(Cc3ccco3)C2c2cccc(OC)c2)c(OCC)c1. The van der Waals surface area contributed by atoms with Crippen LogP contribution < -0.4 is 14.2 Å². The van der Waals surface area contributed by atoms with Crippen LogP contribution in [0.2, 0.25) is 0 Å². The summed E-state index contributed by atoms with van der Waals surface area (Å²) in [7, 11) is 1.53. The molecule has 1 unspecified atom stereocenters. The van der Waals surface area contributed by atoms with Gasteiger partial charge in [0.2, 0.25) is 0 Å². The number of amides is 1. The lowest BCUT2D eigenvalue weighted by Crippen LogP contribution is -2.29. The van der Waals surface area contributed by atoms with Gasteiger partial charge in [0.15, 0.2) is 0 Å². The van der Waals surface area contributed by atoms with Gasteiger partial charge in [-0.05, 0) is 55.8 Å². The second-order valence-electron chi connectivity index (χ2n) is 7.81. The molecule has 0 bridgehead atoms. The molecule has 0 radical (unpaired) electrons. The van der Waals surface area contributed by atoms with E-state index in [0.717, 1.165) is 0 Å². The number of nitrogens with zero attached hydrogens (tertiary/aromatic N) is 1. The minimum absolute atomic E-state index is 0.0417. The summed E-state index contributed by atoms with van der Waals surface area (Å²) in [6, 6.07) is 14.6. The number of hydrogen-bond acceptors (Lipinski definition) is 7. The highest BCUT2D eigenvalue weighted by Gasteiger charge is 2.46. The molecular formula is C27H27NO7. The normalized spacial score (nSPS) is 17.0. The van der Waals surface area contributed by atoms with Gasteiger partial charge in [0.1, 0.15) is 28.8 Å². The lowest BCUT2D eigenvalue weighted by Gasteiger charge is -2.25. The van der Waals surface area contributed by atoms with Gasteiger partial charge in [-0.2, -0.15) is 0 Å². The molecule has 1 aromatic heterocycles. The third-order valence-corrected chi connectivity index (χ3v) is 5.67. The summed E-state index contributed by atoms with van der Waals surface area (Å²) < 4.78 is 22.1. The van der Waals surface area contributed by atoms with Gasteiger partial charge in [-0.1, -0.05) is 12.1 Å². The van der Waals surface area contributed by atoms with Gasteiger partial charge in [-0.3, -0.25) is 9.59 Å². The van der Waals surface area contributed by atoms with Crippen LogP contribution in [0.3, 0.4) is 0 Å². The summed E-state index contributed by atoms with van der Waals surface area (Å²) in [5, 5.41) is 11.4. The summed E-state index contributed by atoms with van der Waals surface area (Å²) in [5.74, 6) is 0.119. The molecule has 1 amide bonds. The fourth-order valence-electron chi connectivity index (χ4n) is 4.15. The predicted molar refractivity (Wildman–Crippen MR) is 128 cm³/mol. The first kappa shape index (κ1) is 23.9. The Kier molecular flexibility index (Phi) is 7.10. The van der Waals surface area contributed by atoms with Gasteiger partial charge in [0.25, 0.3) is 11.7 Å². The Hall–Kier alpha value is -4.20. The van der Waals surface area contributed by atoms with Crippen molar-refractivity contribution in [3.63, 3.8) is 0 Å². The summed E-state index contributed by atoms with van der Waals surface area (Å²) in [6.07, 6.45) is 1.50. The number of methoxy groups -OCH3 is 1. The number of Topliss-reactive ketones (excluding diaryl/α,β-unsaturated/α-hetero) is 1. The molecule has 8 nitrogen and oxygen atoms in total. The van der Waals surface area contributed by atoms with Crippen molar-refractivity contribution < 1.29 is 33.3 Å². The second-order valence-corrected chi connectivity index (χ2v) is 7.81. The average molecular weight is 478 g/mol. The van der Waals surface area contributed by atoms with E-state index in [0.29, 0.717) is 47.3 Å². The largest absolute Gasteiger partial charge is 0.507 e. The molecule has 1 aliphatic rings. The van der Waals surface area contributed by atoms with E-state index >= 15 is 0 Å². The molecule has 8 heteroatoms. The van der Waals surface area contributed by atoms with E-state index < -0.39 is 17.7 Å². The monoisotopic (exact) mass is 477 g/mol. The minimum atomic E-state index is -0.865. The van der Waals surface area contributed by atoms with E-state index in [1.807, 2.05) is 13.8 Å². The maximum Gasteiger partial charge on any atom is 0.296 e. The zero-order chi connectivity index (χ0) is 24.9. The van der Waals surface area contributed by atoms with E-state index in [4.69, 9.17) is 18.6 Å². The van der Waals surface area contributed by atoms with Crippen LogP contribution in [0.25, 0.3) is 5.76 Å². The van der Waals surface area contributed by atoms with Crippen LogP contribution in [0.4, 0.5) is 0 Å². The van der Waals surface area contributed by atoms with Gasteiger partial charge in [-0.25, -0.2) is 0 Å². The third kappa shape index (κ3) is 4.73. The number of ether oxygens (including phenoxy) is 3. The number of aliphatic hydroxyl groups excluding tert-OH is 1. The minimum Gasteiger partial charge on any atom is -0.507 e. The molecular weight excluding hydrogens is 450 g/mol. The molecule has 2 aromatic carbocycles. The average Bonchev–Trinajstić information content (AvgIpc) is 3.47. The number of carbonyl (C=O) groups is 2. The van der Waals surface area contributed by atoms with Crippen molar-refractivity contribution in [1.29, 1.82) is 0 Å². The van der Waals surface area contributed by atoms with E-state index in [2.05, 4.69) is 0 Å². The maximum atomic E-state index is 13.3. The molecule has 4 rings (SSSR count). The van der Waals surface area contributed by atoms with Crippen LogP contribution in [0.1, 0.15) is 36.8 Å². The summed E-state index contributed by atoms with van der Waals surface area (Å²) >= 11 is 0. The molecule has 1 fully saturated rings. The molecule has 0 spiro atoms.